The van der Waals surface area contributed by atoms with Crippen LogP contribution < -0.4 is 5.73 Å². The normalized spacial score (nSPS) is 14.7. The summed E-state index contributed by atoms with van der Waals surface area (Å²) in [5.41, 5.74) is 11.5. The third-order valence-corrected chi connectivity index (χ3v) is 5.68. The van der Waals surface area contributed by atoms with Crippen LogP contribution in [0.2, 0.25) is 0 Å². The maximum absolute atomic E-state index is 12.0. The van der Waals surface area contributed by atoms with Crippen LogP contribution in [0.5, 0.6) is 0 Å². The molecule has 1 aliphatic rings. The summed E-state index contributed by atoms with van der Waals surface area (Å²) < 4.78 is 4.10. The number of aromatic nitrogens is 4. The molecule has 3 aromatic rings. The van der Waals surface area contributed by atoms with Gasteiger partial charge < -0.3 is 10.3 Å². The zero-order valence-electron chi connectivity index (χ0n) is 16.6. The van der Waals surface area contributed by atoms with Crippen molar-refractivity contribution in [1.82, 2.24) is 24.2 Å². The summed E-state index contributed by atoms with van der Waals surface area (Å²) in [5.74, 6) is 0.360. The molecule has 7 nitrogen and oxygen atoms in total. The van der Waals surface area contributed by atoms with E-state index in [1.165, 1.54) is 11.3 Å². The fraction of sp³-hybridized carbons (Fsp3) is 0.381. The Morgan fingerprint density at radius 1 is 1.14 bits per heavy atom. The third-order valence-electron chi connectivity index (χ3n) is 5.68. The summed E-state index contributed by atoms with van der Waals surface area (Å²) in [5, 5.41) is 4.53. The topological polar surface area (TPSA) is 82.0 Å². The van der Waals surface area contributed by atoms with E-state index in [1.807, 2.05) is 42.1 Å². The second-order valence-electron chi connectivity index (χ2n) is 7.41. The first kappa shape index (κ1) is 18.4. The van der Waals surface area contributed by atoms with Crippen molar-refractivity contribution in [2.45, 2.75) is 33.4 Å². The van der Waals surface area contributed by atoms with E-state index >= 15 is 0 Å². The van der Waals surface area contributed by atoms with Gasteiger partial charge in [-0.1, -0.05) is 30.3 Å². The average molecular weight is 378 g/mol. The predicted octanol–water partition coefficient (Wildman–Crippen LogP) is 2.06. The SMILES string of the molecule is Cc1nn(C)c(C)c1CN1CCc2c(C(N)=O)nc(-c3ccccc3)n2CC1. The Hall–Kier alpha value is -2.93. The molecule has 4 rings (SSSR count). The molecule has 0 bridgehead atoms. The zero-order valence-corrected chi connectivity index (χ0v) is 16.6. The van der Waals surface area contributed by atoms with Crippen LogP contribution >= 0.6 is 0 Å². The molecule has 1 aromatic carbocycles. The highest BCUT2D eigenvalue weighted by atomic mass is 16.1. The van der Waals surface area contributed by atoms with Crippen molar-refractivity contribution in [3.63, 3.8) is 0 Å². The Labute approximate surface area is 164 Å². The van der Waals surface area contributed by atoms with Crippen LogP contribution in [-0.4, -0.2) is 43.2 Å². The number of carbonyl (C=O) groups excluding carboxylic acids is 1. The standard InChI is InChI=1S/C21H26N6O/c1-14-17(15(2)25(3)24-14)13-26-10-9-18-19(20(22)28)23-21(27(18)12-11-26)16-7-5-4-6-8-16/h4-8H,9-13H2,1-3H3,(H2,22,28). The summed E-state index contributed by atoms with van der Waals surface area (Å²) in [7, 11) is 1.98. The number of fused-ring (bicyclic) bond motifs is 1. The van der Waals surface area contributed by atoms with Crippen LogP contribution in [0.15, 0.2) is 30.3 Å². The number of imidazole rings is 1. The number of hydrogen-bond donors (Lipinski definition) is 1. The monoisotopic (exact) mass is 378 g/mol. The maximum atomic E-state index is 12.0. The van der Waals surface area contributed by atoms with Crippen LogP contribution in [0, 0.1) is 13.8 Å². The Bertz CT molecular complexity index is 1020. The Morgan fingerprint density at radius 3 is 2.54 bits per heavy atom. The largest absolute Gasteiger partial charge is 0.364 e. The van der Waals surface area contributed by atoms with E-state index in [1.54, 1.807) is 0 Å². The first-order valence-corrected chi connectivity index (χ1v) is 9.61. The second-order valence-corrected chi connectivity index (χ2v) is 7.41. The predicted molar refractivity (Wildman–Crippen MR) is 108 cm³/mol. The summed E-state index contributed by atoms with van der Waals surface area (Å²) in [6.45, 7) is 7.54. The van der Waals surface area contributed by atoms with E-state index in [9.17, 15) is 4.79 Å². The first-order valence-electron chi connectivity index (χ1n) is 9.61. The number of primary amides is 1. The van der Waals surface area contributed by atoms with E-state index in [0.29, 0.717) is 5.69 Å². The van der Waals surface area contributed by atoms with Gasteiger partial charge in [-0.3, -0.25) is 14.4 Å². The van der Waals surface area contributed by atoms with E-state index in [2.05, 4.69) is 33.4 Å². The molecule has 0 saturated heterocycles. The van der Waals surface area contributed by atoms with Crippen LogP contribution in [0.3, 0.4) is 0 Å². The molecular weight excluding hydrogens is 352 g/mol. The molecule has 3 heterocycles. The molecule has 146 valence electrons. The number of amides is 1. The Balaban J connectivity index is 1.64. The van der Waals surface area contributed by atoms with Gasteiger partial charge in [0.2, 0.25) is 0 Å². The van der Waals surface area contributed by atoms with Gasteiger partial charge in [0, 0.05) is 56.5 Å². The summed E-state index contributed by atoms with van der Waals surface area (Å²) in [6.07, 6.45) is 0.746. The van der Waals surface area contributed by atoms with Crippen LogP contribution in [0.4, 0.5) is 0 Å². The number of hydrogen-bond acceptors (Lipinski definition) is 4. The molecule has 0 unspecified atom stereocenters. The zero-order chi connectivity index (χ0) is 19.8. The van der Waals surface area contributed by atoms with E-state index in [0.717, 1.165) is 55.4 Å². The number of benzene rings is 1. The van der Waals surface area contributed by atoms with Gasteiger partial charge in [0.25, 0.3) is 5.91 Å². The van der Waals surface area contributed by atoms with Crippen LogP contribution in [-0.2, 0) is 26.6 Å². The van der Waals surface area contributed by atoms with Crippen LogP contribution in [0.25, 0.3) is 11.4 Å². The minimum absolute atomic E-state index is 0.398. The highest BCUT2D eigenvalue weighted by Crippen LogP contribution is 2.25. The van der Waals surface area contributed by atoms with Crippen molar-refractivity contribution in [2.24, 2.45) is 12.8 Å². The van der Waals surface area contributed by atoms with Crippen molar-refractivity contribution in [1.29, 1.82) is 0 Å². The second kappa shape index (κ2) is 7.24. The van der Waals surface area contributed by atoms with Gasteiger partial charge in [-0.05, 0) is 13.8 Å². The van der Waals surface area contributed by atoms with Gasteiger partial charge in [0.15, 0.2) is 0 Å². The molecule has 1 amide bonds. The first-order chi connectivity index (χ1) is 13.5. The molecule has 0 fully saturated rings. The van der Waals surface area contributed by atoms with Gasteiger partial charge in [0.05, 0.1) is 11.4 Å². The lowest BCUT2D eigenvalue weighted by Crippen LogP contribution is -2.27. The number of nitrogens with two attached hydrogens (primary N) is 1. The van der Waals surface area contributed by atoms with Crippen molar-refractivity contribution < 1.29 is 4.79 Å². The molecule has 0 spiro atoms. The summed E-state index contributed by atoms with van der Waals surface area (Å²) >= 11 is 0. The number of rotatable bonds is 4. The summed E-state index contributed by atoms with van der Waals surface area (Å²) in [6, 6.07) is 9.98. The average Bonchev–Trinajstić information content (AvgIpc) is 3.07. The van der Waals surface area contributed by atoms with E-state index in [4.69, 9.17) is 5.73 Å². The molecule has 0 saturated carbocycles. The molecular formula is C21H26N6O. The molecule has 7 heteroatoms. The Kier molecular flexibility index (Phi) is 4.77. The van der Waals surface area contributed by atoms with Crippen LogP contribution in [0.1, 0.15) is 33.1 Å². The third kappa shape index (κ3) is 3.22. The number of carbonyl (C=O) groups is 1. The molecule has 0 aliphatic carbocycles. The highest BCUT2D eigenvalue weighted by Gasteiger charge is 2.25. The number of nitrogens with zero attached hydrogens (tertiary/aromatic N) is 5. The molecule has 2 N–H and O–H groups in total. The van der Waals surface area contributed by atoms with Crippen molar-refractivity contribution in [3.8, 4) is 11.4 Å². The molecule has 0 atom stereocenters. The lowest BCUT2D eigenvalue weighted by Gasteiger charge is -2.20. The molecule has 28 heavy (non-hydrogen) atoms. The van der Waals surface area contributed by atoms with Crippen molar-refractivity contribution >= 4 is 5.91 Å². The molecule has 1 aliphatic heterocycles. The fourth-order valence-corrected chi connectivity index (χ4v) is 4.03. The van der Waals surface area contributed by atoms with E-state index in [-0.39, 0.29) is 0 Å². The maximum Gasteiger partial charge on any atom is 0.269 e. The van der Waals surface area contributed by atoms with Gasteiger partial charge in [-0.25, -0.2) is 4.98 Å². The lowest BCUT2D eigenvalue weighted by atomic mass is 10.1. The van der Waals surface area contributed by atoms with Crippen molar-refractivity contribution in [2.75, 3.05) is 13.1 Å². The smallest absolute Gasteiger partial charge is 0.269 e. The summed E-state index contributed by atoms with van der Waals surface area (Å²) in [4.78, 5) is 19.0. The van der Waals surface area contributed by atoms with E-state index < -0.39 is 5.91 Å². The molecule has 0 radical (unpaired) electrons. The quantitative estimate of drug-likeness (QED) is 0.753. The van der Waals surface area contributed by atoms with Crippen molar-refractivity contribution in [3.05, 3.63) is 58.7 Å². The fourth-order valence-electron chi connectivity index (χ4n) is 4.03. The minimum atomic E-state index is -0.460. The lowest BCUT2D eigenvalue weighted by molar-refractivity contribution is 0.0995. The highest BCUT2D eigenvalue weighted by molar-refractivity contribution is 5.93. The minimum Gasteiger partial charge on any atom is -0.364 e. The Morgan fingerprint density at radius 2 is 1.89 bits per heavy atom. The van der Waals surface area contributed by atoms with Gasteiger partial charge in [-0.2, -0.15) is 5.10 Å². The van der Waals surface area contributed by atoms with Gasteiger partial charge in [-0.15, -0.1) is 0 Å². The van der Waals surface area contributed by atoms with Gasteiger partial charge in [0.1, 0.15) is 11.5 Å². The number of aryl methyl sites for hydroxylation is 2. The van der Waals surface area contributed by atoms with Gasteiger partial charge >= 0.3 is 0 Å². The molecule has 2 aromatic heterocycles.